The number of halogens is 1. The summed E-state index contributed by atoms with van der Waals surface area (Å²) >= 11 is 0. The van der Waals surface area contributed by atoms with Crippen LogP contribution in [0.25, 0.3) is 0 Å². The molecule has 3 rings (SSSR count). The van der Waals surface area contributed by atoms with E-state index in [1.54, 1.807) is 23.0 Å². The van der Waals surface area contributed by atoms with Crippen molar-refractivity contribution in [3.8, 4) is 6.07 Å². The molecule has 1 aliphatic rings. The summed E-state index contributed by atoms with van der Waals surface area (Å²) in [5, 5.41) is 19.9. The van der Waals surface area contributed by atoms with E-state index in [1.165, 1.54) is 12.1 Å². The Morgan fingerprint density at radius 2 is 2.21 bits per heavy atom. The first-order chi connectivity index (χ1) is 11.6. The molecule has 0 bridgehead atoms. The fraction of sp³-hybridized carbons (Fsp3) is 0.312. The number of piperidine rings is 1. The Hall–Kier alpha value is -2.92. The van der Waals surface area contributed by atoms with Gasteiger partial charge in [0.1, 0.15) is 11.4 Å². The maximum Gasteiger partial charge on any atom is 0.254 e. The highest BCUT2D eigenvalue weighted by atomic mass is 19.1. The first-order valence-corrected chi connectivity index (χ1v) is 7.60. The number of amides is 1. The van der Waals surface area contributed by atoms with Crippen LogP contribution in [0.4, 0.5) is 15.9 Å². The molecule has 0 saturated carbocycles. The van der Waals surface area contributed by atoms with E-state index in [1.807, 2.05) is 0 Å². The van der Waals surface area contributed by atoms with E-state index in [4.69, 9.17) is 5.73 Å². The van der Waals surface area contributed by atoms with Crippen molar-refractivity contribution >= 4 is 17.4 Å². The number of nitrogens with two attached hydrogens (primary N) is 1. The molecule has 1 aliphatic heterocycles. The van der Waals surface area contributed by atoms with E-state index in [0.717, 1.165) is 6.54 Å². The second-order valence-corrected chi connectivity index (χ2v) is 5.66. The van der Waals surface area contributed by atoms with Crippen molar-refractivity contribution in [1.82, 2.24) is 15.1 Å². The van der Waals surface area contributed by atoms with Crippen LogP contribution in [-0.2, 0) is 0 Å². The van der Waals surface area contributed by atoms with Gasteiger partial charge in [-0.3, -0.25) is 9.48 Å². The molecule has 4 N–H and O–H groups in total. The Labute approximate surface area is 138 Å². The van der Waals surface area contributed by atoms with Gasteiger partial charge in [-0.1, -0.05) is 0 Å². The van der Waals surface area contributed by atoms with Gasteiger partial charge in [0, 0.05) is 18.4 Å². The maximum atomic E-state index is 13.0. The van der Waals surface area contributed by atoms with Crippen LogP contribution in [0.1, 0.15) is 22.8 Å². The second kappa shape index (κ2) is 6.68. The quantitative estimate of drug-likeness (QED) is 0.789. The maximum absolute atomic E-state index is 13.0. The molecule has 2 heterocycles. The van der Waals surface area contributed by atoms with Gasteiger partial charge in [-0.25, -0.2) is 4.39 Å². The lowest BCUT2D eigenvalue weighted by Crippen LogP contribution is -2.37. The molecule has 2 atom stereocenters. The van der Waals surface area contributed by atoms with Crippen LogP contribution >= 0.6 is 0 Å². The van der Waals surface area contributed by atoms with E-state index in [0.29, 0.717) is 18.7 Å². The smallest absolute Gasteiger partial charge is 0.254 e. The number of rotatable bonds is 4. The Morgan fingerprint density at radius 1 is 1.46 bits per heavy atom. The predicted molar refractivity (Wildman–Crippen MR) is 86.1 cm³/mol. The highest BCUT2D eigenvalue weighted by molar-refractivity contribution is 5.98. The number of nitrogens with zero attached hydrogens (tertiary/aromatic N) is 3. The highest BCUT2D eigenvalue weighted by Crippen LogP contribution is 2.27. The van der Waals surface area contributed by atoms with Crippen molar-refractivity contribution in [2.24, 2.45) is 11.7 Å². The average Bonchev–Trinajstić information content (AvgIpc) is 3.01. The molecule has 0 aliphatic carbocycles. The summed E-state index contributed by atoms with van der Waals surface area (Å²) in [5.74, 6) is -0.878. The Morgan fingerprint density at radius 3 is 2.88 bits per heavy atom. The molecular formula is C16H17FN6O. The van der Waals surface area contributed by atoms with Crippen LogP contribution in [0, 0.1) is 23.1 Å². The van der Waals surface area contributed by atoms with Crippen LogP contribution in [0.5, 0.6) is 0 Å². The van der Waals surface area contributed by atoms with Crippen LogP contribution in [0.2, 0.25) is 0 Å². The molecule has 0 radical (unpaired) electrons. The lowest BCUT2D eigenvalue weighted by atomic mass is 9.94. The number of carbonyl (C=O) groups is 1. The van der Waals surface area contributed by atoms with E-state index in [-0.39, 0.29) is 29.2 Å². The molecule has 7 nitrogen and oxygen atoms in total. The molecule has 1 aromatic carbocycles. The number of primary amides is 1. The molecule has 1 fully saturated rings. The van der Waals surface area contributed by atoms with Gasteiger partial charge in [-0.2, -0.15) is 10.4 Å². The minimum atomic E-state index is -0.622. The molecule has 1 amide bonds. The monoisotopic (exact) mass is 328 g/mol. The molecule has 1 aromatic heterocycles. The van der Waals surface area contributed by atoms with Crippen LogP contribution < -0.4 is 16.4 Å². The Balaban J connectivity index is 1.91. The summed E-state index contributed by atoms with van der Waals surface area (Å²) in [6.45, 7) is 1.37. The van der Waals surface area contributed by atoms with Crippen molar-refractivity contribution in [1.29, 1.82) is 5.26 Å². The van der Waals surface area contributed by atoms with Crippen molar-refractivity contribution in [2.75, 3.05) is 18.4 Å². The molecule has 1 saturated heterocycles. The van der Waals surface area contributed by atoms with E-state index in [9.17, 15) is 14.4 Å². The third-order valence-electron chi connectivity index (χ3n) is 4.06. The lowest BCUT2D eigenvalue weighted by Gasteiger charge is -2.27. The number of benzene rings is 1. The van der Waals surface area contributed by atoms with Gasteiger partial charge in [0.2, 0.25) is 0 Å². The lowest BCUT2D eigenvalue weighted by molar-refractivity contribution is 0.100. The first-order valence-electron chi connectivity index (χ1n) is 7.60. The molecule has 0 spiro atoms. The molecular weight excluding hydrogens is 311 g/mol. The first kappa shape index (κ1) is 16.0. The summed E-state index contributed by atoms with van der Waals surface area (Å²) in [4.78, 5) is 11.7. The fourth-order valence-electron chi connectivity index (χ4n) is 2.77. The third kappa shape index (κ3) is 3.21. The van der Waals surface area contributed by atoms with Crippen molar-refractivity contribution in [3.63, 3.8) is 0 Å². The summed E-state index contributed by atoms with van der Waals surface area (Å²) in [7, 11) is 0. The molecule has 0 unspecified atom stereocenters. The zero-order valence-electron chi connectivity index (χ0n) is 12.9. The van der Waals surface area contributed by atoms with E-state index in [2.05, 4.69) is 21.8 Å². The summed E-state index contributed by atoms with van der Waals surface area (Å²) < 4.78 is 14.6. The Kier molecular flexibility index (Phi) is 4.44. The topological polar surface area (TPSA) is 109 Å². The minimum absolute atomic E-state index is 0.175. The zero-order chi connectivity index (χ0) is 17.1. The average molecular weight is 328 g/mol. The van der Waals surface area contributed by atoms with Crippen LogP contribution in [0.15, 0.2) is 30.5 Å². The van der Waals surface area contributed by atoms with Gasteiger partial charge in [-0.05, 0) is 37.2 Å². The van der Waals surface area contributed by atoms with Crippen molar-refractivity contribution in [3.05, 3.63) is 41.8 Å². The normalized spacial score (nSPS) is 20.3. The number of nitrogens with one attached hydrogen (secondary N) is 2. The summed E-state index contributed by atoms with van der Waals surface area (Å²) in [6.07, 6.45) is 2.27. The molecule has 124 valence electrons. The minimum Gasteiger partial charge on any atom is -0.365 e. The van der Waals surface area contributed by atoms with Gasteiger partial charge in [-0.15, -0.1) is 0 Å². The predicted octanol–water partition coefficient (Wildman–Crippen LogP) is 1.54. The SMILES string of the molecule is N#C[C@H]1CCNC[C@@H]1n1cc(C(N)=O)c(Nc2ccc(F)cc2)n1. The van der Waals surface area contributed by atoms with Crippen LogP contribution in [0.3, 0.4) is 0 Å². The van der Waals surface area contributed by atoms with Gasteiger partial charge in [0.25, 0.3) is 5.91 Å². The zero-order valence-corrected chi connectivity index (χ0v) is 12.9. The molecule has 24 heavy (non-hydrogen) atoms. The van der Waals surface area contributed by atoms with Gasteiger partial charge >= 0.3 is 0 Å². The van der Waals surface area contributed by atoms with E-state index >= 15 is 0 Å². The number of hydrogen-bond acceptors (Lipinski definition) is 5. The van der Waals surface area contributed by atoms with Crippen LogP contribution in [-0.4, -0.2) is 28.8 Å². The van der Waals surface area contributed by atoms with Crippen molar-refractivity contribution < 1.29 is 9.18 Å². The van der Waals surface area contributed by atoms with Crippen molar-refractivity contribution in [2.45, 2.75) is 12.5 Å². The number of nitriles is 1. The largest absolute Gasteiger partial charge is 0.365 e. The number of hydrogen-bond donors (Lipinski definition) is 3. The molecule has 8 heteroatoms. The summed E-state index contributed by atoms with van der Waals surface area (Å²) in [6, 6.07) is 7.81. The van der Waals surface area contributed by atoms with E-state index < -0.39 is 5.91 Å². The second-order valence-electron chi connectivity index (χ2n) is 5.66. The number of anilines is 2. The highest BCUT2D eigenvalue weighted by Gasteiger charge is 2.28. The standard InChI is InChI=1S/C16H17FN6O/c17-11-1-3-12(4-2-11)21-16-13(15(19)24)9-23(22-16)14-8-20-6-5-10(14)7-18/h1-4,9-10,14,20H,5-6,8H2,(H2,19,24)(H,21,22)/t10-,14+/m1/s1. The summed E-state index contributed by atoms with van der Waals surface area (Å²) in [5.41, 5.74) is 6.24. The molecule has 2 aromatic rings. The third-order valence-corrected chi connectivity index (χ3v) is 4.06. The fourth-order valence-corrected chi connectivity index (χ4v) is 2.77. The number of carbonyl (C=O) groups excluding carboxylic acids is 1. The van der Waals surface area contributed by atoms with Gasteiger partial charge < -0.3 is 16.4 Å². The van der Waals surface area contributed by atoms with Gasteiger partial charge in [0.15, 0.2) is 5.82 Å². The van der Waals surface area contributed by atoms with Gasteiger partial charge in [0.05, 0.1) is 18.0 Å². The Bertz CT molecular complexity index is 779. The number of aromatic nitrogens is 2.